The SMILES string of the molecule is CC1(C(=O)N2CCC3(CC2)CO[C@H](Cc2cccc(Cl)c2)C3)CCN(c2ncccn2)CC1. The van der Waals surface area contributed by atoms with Gasteiger partial charge in [0.1, 0.15) is 0 Å². The summed E-state index contributed by atoms with van der Waals surface area (Å²) in [6.07, 6.45) is 9.53. The van der Waals surface area contributed by atoms with Gasteiger partial charge in [-0.15, -0.1) is 0 Å². The maximum absolute atomic E-state index is 13.5. The Hall–Kier alpha value is -2.18. The second-order valence-corrected chi connectivity index (χ2v) is 10.8. The number of halogens is 1. The summed E-state index contributed by atoms with van der Waals surface area (Å²) in [5.74, 6) is 1.08. The first-order valence-corrected chi connectivity index (χ1v) is 12.5. The summed E-state index contributed by atoms with van der Waals surface area (Å²) in [4.78, 5) is 26.5. The average Bonchev–Trinajstić information content (AvgIpc) is 3.22. The highest BCUT2D eigenvalue weighted by Crippen LogP contribution is 2.44. The van der Waals surface area contributed by atoms with E-state index in [1.165, 1.54) is 5.56 Å². The van der Waals surface area contributed by atoms with Gasteiger partial charge < -0.3 is 14.5 Å². The molecule has 7 heteroatoms. The van der Waals surface area contributed by atoms with Crippen LogP contribution in [0.4, 0.5) is 5.95 Å². The average molecular weight is 469 g/mol. The van der Waals surface area contributed by atoms with E-state index in [0.29, 0.717) is 5.91 Å². The lowest BCUT2D eigenvalue weighted by Gasteiger charge is -2.44. The monoisotopic (exact) mass is 468 g/mol. The van der Waals surface area contributed by atoms with Gasteiger partial charge in [0.2, 0.25) is 11.9 Å². The van der Waals surface area contributed by atoms with Crippen molar-refractivity contribution < 1.29 is 9.53 Å². The maximum atomic E-state index is 13.5. The van der Waals surface area contributed by atoms with Gasteiger partial charge in [0, 0.05) is 49.0 Å². The molecule has 33 heavy (non-hydrogen) atoms. The molecule has 3 aliphatic heterocycles. The number of ether oxygens (including phenoxy) is 1. The molecule has 3 saturated heterocycles. The number of piperidine rings is 2. The molecule has 1 amide bonds. The quantitative estimate of drug-likeness (QED) is 0.666. The lowest BCUT2D eigenvalue weighted by Crippen LogP contribution is -2.52. The van der Waals surface area contributed by atoms with Crippen LogP contribution in [0.25, 0.3) is 0 Å². The molecule has 1 aromatic carbocycles. The Labute approximate surface area is 201 Å². The van der Waals surface area contributed by atoms with Crippen LogP contribution in [0, 0.1) is 10.8 Å². The van der Waals surface area contributed by atoms with Crippen molar-refractivity contribution in [3.05, 3.63) is 53.3 Å². The Balaban J connectivity index is 1.13. The summed E-state index contributed by atoms with van der Waals surface area (Å²) < 4.78 is 6.21. The number of carbonyl (C=O) groups excluding carboxylic acids is 1. The van der Waals surface area contributed by atoms with Crippen molar-refractivity contribution in [2.75, 3.05) is 37.7 Å². The molecule has 0 radical (unpaired) electrons. The molecule has 0 unspecified atom stereocenters. The van der Waals surface area contributed by atoms with E-state index in [1.807, 2.05) is 24.3 Å². The standard InChI is InChI=1S/C26H33ClN4O2/c1-25(6-12-31(13-7-25)24-28-10-3-11-29-24)23(32)30-14-8-26(9-15-30)18-22(33-19-26)17-20-4-2-5-21(27)16-20/h2-5,10-11,16,22H,6-9,12-15,17-19H2,1H3/t22-/m1/s1. The van der Waals surface area contributed by atoms with Crippen LogP contribution in [-0.4, -0.2) is 59.7 Å². The van der Waals surface area contributed by atoms with Gasteiger partial charge in [-0.1, -0.05) is 30.7 Å². The lowest BCUT2D eigenvalue weighted by atomic mass is 9.74. The van der Waals surface area contributed by atoms with E-state index in [4.69, 9.17) is 16.3 Å². The molecule has 2 aromatic rings. The number of anilines is 1. The molecule has 0 aliphatic carbocycles. The molecule has 176 valence electrons. The summed E-state index contributed by atoms with van der Waals surface area (Å²) in [5.41, 5.74) is 1.16. The van der Waals surface area contributed by atoms with Gasteiger partial charge in [0.25, 0.3) is 0 Å². The van der Waals surface area contributed by atoms with Crippen molar-refractivity contribution in [3.63, 3.8) is 0 Å². The molecular weight excluding hydrogens is 436 g/mol. The minimum Gasteiger partial charge on any atom is -0.377 e. The first-order valence-electron chi connectivity index (χ1n) is 12.1. The second kappa shape index (κ2) is 9.22. The number of likely N-dealkylation sites (tertiary alicyclic amines) is 1. The summed E-state index contributed by atoms with van der Waals surface area (Å²) in [6.45, 7) is 6.28. The van der Waals surface area contributed by atoms with Crippen LogP contribution in [0.15, 0.2) is 42.7 Å². The Morgan fingerprint density at radius 3 is 2.52 bits per heavy atom. The van der Waals surface area contributed by atoms with E-state index >= 15 is 0 Å². The van der Waals surface area contributed by atoms with E-state index in [9.17, 15) is 4.79 Å². The zero-order valence-corrected chi connectivity index (χ0v) is 20.1. The highest BCUT2D eigenvalue weighted by Gasteiger charge is 2.46. The Kier molecular flexibility index (Phi) is 6.32. The molecular formula is C26H33ClN4O2. The second-order valence-electron chi connectivity index (χ2n) is 10.4. The van der Waals surface area contributed by atoms with E-state index in [-0.39, 0.29) is 16.9 Å². The topological polar surface area (TPSA) is 58.6 Å². The first kappa shape index (κ1) is 22.6. The number of benzene rings is 1. The van der Waals surface area contributed by atoms with Crippen LogP contribution < -0.4 is 4.90 Å². The molecule has 4 heterocycles. The third kappa shape index (κ3) is 4.87. The number of hydrogen-bond acceptors (Lipinski definition) is 5. The molecule has 3 fully saturated rings. The van der Waals surface area contributed by atoms with Gasteiger partial charge in [-0.05, 0) is 67.7 Å². The predicted molar refractivity (Wildman–Crippen MR) is 129 cm³/mol. The number of carbonyl (C=O) groups is 1. The van der Waals surface area contributed by atoms with Crippen molar-refractivity contribution in [1.29, 1.82) is 0 Å². The molecule has 1 spiro atoms. The number of nitrogens with zero attached hydrogens (tertiary/aromatic N) is 4. The molecule has 0 bridgehead atoms. The Bertz CT molecular complexity index is 969. The smallest absolute Gasteiger partial charge is 0.228 e. The minimum atomic E-state index is -0.295. The molecule has 3 aliphatic rings. The van der Waals surface area contributed by atoms with Gasteiger partial charge in [-0.2, -0.15) is 0 Å². The van der Waals surface area contributed by atoms with Gasteiger partial charge in [-0.3, -0.25) is 4.79 Å². The predicted octanol–water partition coefficient (Wildman–Crippen LogP) is 4.38. The number of hydrogen-bond donors (Lipinski definition) is 0. The van der Waals surface area contributed by atoms with Crippen molar-refractivity contribution in [2.24, 2.45) is 10.8 Å². The van der Waals surface area contributed by atoms with E-state index in [0.717, 1.165) is 82.3 Å². The van der Waals surface area contributed by atoms with Crippen molar-refractivity contribution in [1.82, 2.24) is 14.9 Å². The van der Waals surface area contributed by atoms with Crippen molar-refractivity contribution >= 4 is 23.5 Å². The zero-order chi connectivity index (χ0) is 22.9. The minimum absolute atomic E-state index is 0.217. The highest BCUT2D eigenvalue weighted by atomic mass is 35.5. The molecule has 1 aromatic heterocycles. The zero-order valence-electron chi connectivity index (χ0n) is 19.4. The third-order valence-electron chi connectivity index (χ3n) is 7.97. The molecule has 0 N–H and O–H groups in total. The fourth-order valence-corrected chi connectivity index (χ4v) is 5.95. The van der Waals surface area contributed by atoms with Crippen LogP contribution in [0.1, 0.15) is 44.6 Å². The van der Waals surface area contributed by atoms with E-state index in [2.05, 4.69) is 32.8 Å². The summed E-state index contributed by atoms with van der Waals surface area (Å²) in [6, 6.07) is 9.91. The van der Waals surface area contributed by atoms with Crippen LogP contribution in [0.2, 0.25) is 5.02 Å². The van der Waals surface area contributed by atoms with E-state index < -0.39 is 0 Å². The van der Waals surface area contributed by atoms with E-state index in [1.54, 1.807) is 12.4 Å². The van der Waals surface area contributed by atoms with Crippen LogP contribution >= 0.6 is 11.6 Å². The third-order valence-corrected chi connectivity index (χ3v) is 8.20. The van der Waals surface area contributed by atoms with Gasteiger partial charge >= 0.3 is 0 Å². The van der Waals surface area contributed by atoms with Crippen molar-refractivity contribution in [2.45, 2.75) is 51.6 Å². The summed E-state index contributed by atoms with van der Waals surface area (Å²) >= 11 is 6.15. The fraction of sp³-hybridized carbons (Fsp3) is 0.577. The molecule has 1 atom stereocenters. The van der Waals surface area contributed by atoms with Crippen molar-refractivity contribution in [3.8, 4) is 0 Å². The molecule has 0 saturated carbocycles. The maximum Gasteiger partial charge on any atom is 0.228 e. The van der Waals surface area contributed by atoms with Crippen LogP contribution in [0.3, 0.4) is 0 Å². The molecule has 5 rings (SSSR count). The van der Waals surface area contributed by atoms with Gasteiger partial charge in [0.05, 0.1) is 12.7 Å². The number of amides is 1. The number of rotatable bonds is 4. The molecule has 6 nitrogen and oxygen atoms in total. The number of aromatic nitrogens is 2. The Morgan fingerprint density at radius 1 is 1.09 bits per heavy atom. The first-order chi connectivity index (χ1) is 15.9. The summed E-state index contributed by atoms with van der Waals surface area (Å²) in [5, 5.41) is 0.780. The summed E-state index contributed by atoms with van der Waals surface area (Å²) in [7, 11) is 0. The lowest BCUT2D eigenvalue weighted by molar-refractivity contribution is -0.145. The van der Waals surface area contributed by atoms with Gasteiger partial charge in [0.15, 0.2) is 0 Å². The fourth-order valence-electron chi connectivity index (χ4n) is 5.74. The normalized spacial score (nSPS) is 24.2. The van der Waals surface area contributed by atoms with Crippen LogP contribution in [0.5, 0.6) is 0 Å². The van der Waals surface area contributed by atoms with Crippen LogP contribution in [-0.2, 0) is 16.0 Å². The van der Waals surface area contributed by atoms with Gasteiger partial charge in [-0.25, -0.2) is 9.97 Å². The Morgan fingerprint density at radius 2 is 1.82 bits per heavy atom. The largest absolute Gasteiger partial charge is 0.377 e. The highest BCUT2D eigenvalue weighted by molar-refractivity contribution is 6.30.